The second kappa shape index (κ2) is 6.50. The van der Waals surface area contributed by atoms with Crippen molar-refractivity contribution in [1.29, 1.82) is 0 Å². The molecule has 0 aromatic heterocycles. The molecule has 0 bridgehead atoms. The summed E-state index contributed by atoms with van der Waals surface area (Å²) in [6.07, 6.45) is 0. The van der Waals surface area contributed by atoms with Crippen molar-refractivity contribution >= 4 is 69.1 Å². The molecule has 64 valence electrons. The molecule has 0 rings (SSSR count). The van der Waals surface area contributed by atoms with E-state index in [9.17, 15) is 9.13 Å². The van der Waals surface area contributed by atoms with Crippen molar-refractivity contribution in [3.05, 3.63) is 0 Å². The zero-order chi connectivity index (χ0) is 7.71. The van der Waals surface area contributed by atoms with E-state index in [0.29, 0.717) is 0 Å². The Bertz CT molecular complexity index is 157. The fraction of sp³-hybridized carbons (Fsp3) is 0. The molecule has 0 aliphatic heterocycles. The van der Waals surface area contributed by atoms with E-state index >= 15 is 0 Å². The molecule has 7 nitrogen and oxygen atoms in total. The summed E-state index contributed by atoms with van der Waals surface area (Å²) >= 11 is 0. The fourth-order valence-corrected chi connectivity index (χ4v) is 1.25. The third-order valence-corrected chi connectivity index (χ3v) is 1.91. The second-order valence-electron chi connectivity index (χ2n) is 1.06. The van der Waals surface area contributed by atoms with Crippen molar-refractivity contribution in [3.8, 4) is 0 Å². The van der Waals surface area contributed by atoms with Gasteiger partial charge in [-0.25, -0.2) is 9.13 Å². The van der Waals surface area contributed by atoms with E-state index in [1.54, 1.807) is 0 Å². The van der Waals surface area contributed by atoms with Crippen molar-refractivity contribution < 1.29 is 33.0 Å². The fourth-order valence-electron chi connectivity index (χ4n) is 0.139. The van der Waals surface area contributed by atoms with E-state index in [0.717, 1.165) is 0 Å². The van der Waals surface area contributed by atoms with Gasteiger partial charge in [0.05, 0.1) is 0 Å². The van der Waals surface area contributed by atoms with Crippen LogP contribution in [0.15, 0.2) is 0 Å². The van der Waals surface area contributed by atoms with Gasteiger partial charge in [-0.2, -0.15) is 4.31 Å². The molecule has 0 saturated carbocycles. The first-order valence-electron chi connectivity index (χ1n) is 1.53. The first-order valence-corrected chi connectivity index (χ1v) is 4.59. The summed E-state index contributed by atoms with van der Waals surface area (Å²) in [5, 5.41) is 0. The molecule has 0 aromatic rings. The average Bonchev–Trinajstić information content (AvgIpc) is 1.14. The van der Waals surface area contributed by atoms with E-state index in [4.69, 9.17) is 19.6 Å². The van der Waals surface area contributed by atoms with Crippen molar-refractivity contribution in [1.82, 2.24) is 0 Å². The van der Waals surface area contributed by atoms with Gasteiger partial charge < -0.3 is 19.6 Å². The topological polar surface area (TPSA) is 124 Å². The third-order valence-electron chi connectivity index (χ3n) is 0.213. The third kappa shape index (κ3) is 18.8. The monoisotopic (exact) mass is 324 g/mol. The Morgan fingerprint density at radius 2 is 1.09 bits per heavy atom. The van der Waals surface area contributed by atoms with Gasteiger partial charge in [0.1, 0.15) is 0 Å². The van der Waals surface area contributed by atoms with Crippen LogP contribution in [-0.4, -0.2) is 73.0 Å². The molecule has 4 N–H and O–H groups in total. The van der Waals surface area contributed by atoms with Crippen LogP contribution >= 0.6 is 15.6 Å². The van der Waals surface area contributed by atoms with Crippen LogP contribution in [0, 0.1) is 0 Å². The molecular weight excluding hydrogens is 316 g/mol. The van der Waals surface area contributed by atoms with Crippen LogP contribution in [0.4, 0.5) is 0 Å². The summed E-state index contributed by atoms with van der Waals surface area (Å²) in [6.45, 7) is 0. The maximum absolute atomic E-state index is 9.63. The molecule has 0 aromatic carbocycles. The van der Waals surface area contributed by atoms with Crippen LogP contribution in [0.1, 0.15) is 0 Å². The second-order valence-corrected chi connectivity index (χ2v) is 3.68. The minimum atomic E-state index is -5.05. The molecule has 0 atom stereocenters. The molecule has 0 fully saturated rings. The number of hydrogen-bond acceptors (Lipinski definition) is 3. The Kier molecular flexibility index (Phi) is 11.1. The Morgan fingerprint density at radius 3 is 1.09 bits per heavy atom. The summed E-state index contributed by atoms with van der Waals surface area (Å²) < 4.78 is 22.2. The van der Waals surface area contributed by atoms with E-state index < -0.39 is 15.6 Å². The normalized spacial score (nSPS) is 11.3. The van der Waals surface area contributed by atoms with Gasteiger partial charge in [0.25, 0.3) is 0 Å². The average molecular weight is 323 g/mol. The SMILES string of the molecule is O=P(O)(O)OP(=O)(O)O.[NaH].[SnH2]. The first-order chi connectivity index (χ1) is 3.71. The van der Waals surface area contributed by atoms with Crippen LogP contribution < -0.4 is 0 Å². The van der Waals surface area contributed by atoms with Crippen molar-refractivity contribution in [2.24, 2.45) is 0 Å². The van der Waals surface area contributed by atoms with Gasteiger partial charge >= 0.3 is 69.1 Å². The molecule has 0 unspecified atom stereocenters. The molecule has 0 saturated heterocycles. The molecular formula is H7NaO7P2Sn. The van der Waals surface area contributed by atoms with Crippen molar-refractivity contribution in [2.45, 2.75) is 0 Å². The molecule has 0 aliphatic carbocycles. The number of rotatable bonds is 2. The predicted octanol–water partition coefficient (Wildman–Crippen LogP) is -2.38. The van der Waals surface area contributed by atoms with Crippen LogP contribution in [0.2, 0.25) is 0 Å². The van der Waals surface area contributed by atoms with E-state index in [1.807, 2.05) is 0 Å². The van der Waals surface area contributed by atoms with Gasteiger partial charge in [0.15, 0.2) is 0 Å². The van der Waals surface area contributed by atoms with Crippen molar-refractivity contribution in [3.63, 3.8) is 0 Å². The molecule has 0 aliphatic rings. The molecule has 0 spiro atoms. The zero-order valence-electron chi connectivity index (χ0n) is 4.62. The van der Waals surface area contributed by atoms with Gasteiger partial charge in [-0.3, -0.25) is 0 Å². The van der Waals surface area contributed by atoms with Gasteiger partial charge in [-0.15, -0.1) is 0 Å². The van der Waals surface area contributed by atoms with Gasteiger partial charge in [-0.05, 0) is 0 Å². The van der Waals surface area contributed by atoms with Gasteiger partial charge in [0.2, 0.25) is 0 Å². The Hall–Kier alpha value is 2.06. The minimum absolute atomic E-state index is 0. The molecule has 11 heavy (non-hydrogen) atoms. The predicted molar refractivity (Wildman–Crippen MR) is 40.9 cm³/mol. The number of phosphoric acid groups is 2. The molecule has 0 heterocycles. The van der Waals surface area contributed by atoms with E-state index in [2.05, 4.69) is 4.31 Å². The quantitative estimate of drug-likeness (QED) is 0.331. The van der Waals surface area contributed by atoms with Gasteiger partial charge in [0, 0.05) is 0 Å². The van der Waals surface area contributed by atoms with Crippen LogP contribution in [0.5, 0.6) is 0 Å². The van der Waals surface area contributed by atoms with Crippen LogP contribution in [0.3, 0.4) is 0 Å². The van der Waals surface area contributed by atoms with Crippen molar-refractivity contribution in [2.75, 3.05) is 0 Å². The Labute approximate surface area is 101 Å². The summed E-state index contributed by atoms with van der Waals surface area (Å²) in [7, 11) is -10.1. The summed E-state index contributed by atoms with van der Waals surface area (Å²) in [4.78, 5) is 31.0. The molecule has 2 radical (unpaired) electrons. The number of hydrogen-bond donors (Lipinski definition) is 4. The van der Waals surface area contributed by atoms with E-state index in [1.165, 1.54) is 0 Å². The molecule has 0 amide bonds. The Balaban J connectivity index is -0.000000320. The summed E-state index contributed by atoms with van der Waals surface area (Å²) in [5.41, 5.74) is 0. The maximum atomic E-state index is 9.63. The van der Waals surface area contributed by atoms with Crippen LogP contribution in [-0.2, 0) is 13.4 Å². The van der Waals surface area contributed by atoms with E-state index in [-0.39, 0.29) is 53.5 Å². The standard InChI is InChI=1S/Na.H4O7P2.Sn.3H/c;1-8(2,3)7-9(4,5)6;;;;/h;(H2,1,2,3)(H2,4,5,6);;;;. The zero-order valence-corrected chi connectivity index (χ0v) is 10.4. The summed E-state index contributed by atoms with van der Waals surface area (Å²) in [6, 6.07) is 0. The molecule has 11 heteroatoms. The summed E-state index contributed by atoms with van der Waals surface area (Å²) in [5.74, 6) is 0. The Morgan fingerprint density at radius 1 is 0.909 bits per heavy atom. The van der Waals surface area contributed by atoms with Gasteiger partial charge in [-0.1, -0.05) is 0 Å². The van der Waals surface area contributed by atoms with Crippen LogP contribution in [0.25, 0.3) is 0 Å². The first kappa shape index (κ1) is 18.8.